The molecule has 1 aliphatic rings. The van der Waals surface area contributed by atoms with Gasteiger partial charge in [-0.3, -0.25) is 4.79 Å². The molecule has 0 saturated heterocycles. The lowest BCUT2D eigenvalue weighted by atomic mass is 10.1. The molecule has 1 aromatic heterocycles. The van der Waals surface area contributed by atoms with E-state index in [-0.39, 0.29) is 17.9 Å². The summed E-state index contributed by atoms with van der Waals surface area (Å²) < 4.78 is 5.02. The van der Waals surface area contributed by atoms with Crippen LogP contribution in [0.5, 0.6) is 5.75 Å². The van der Waals surface area contributed by atoms with Crippen molar-refractivity contribution in [1.82, 2.24) is 4.98 Å². The van der Waals surface area contributed by atoms with Crippen LogP contribution >= 0.6 is 11.6 Å². The summed E-state index contributed by atoms with van der Waals surface area (Å²) in [5.74, 6) is 0.604. The molecule has 1 aliphatic carbocycles. The summed E-state index contributed by atoms with van der Waals surface area (Å²) in [6.07, 6.45) is 2.43. The van der Waals surface area contributed by atoms with Crippen LogP contribution in [0.25, 0.3) is 0 Å². The number of aromatic nitrogens is 1. The summed E-state index contributed by atoms with van der Waals surface area (Å²) in [5, 5.41) is 3.50. The lowest BCUT2D eigenvalue weighted by Gasteiger charge is -2.09. The number of ether oxygens (including phenoxy) is 1. The molecule has 0 radical (unpaired) electrons. The number of methoxy groups -OCH3 is 1. The van der Waals surface area contributed by atoms with E-state index in [1.807, 2.05) is 6.07 Å². The number of anilines is 1. The molecule has 0 aliphatic heterocycles. The van der Waals surface area contributed by atoms with Crippen LogP contribution in [0, 0.1) is 0 Å². The van der Waals surface area contributed by atoms with Crippen LogP contribution in [-0.2, 0) is 0 Å². The quantitative estimate of drug-likeness (QED) is 0.909. The molecule has 114 valence electrons. The van der Waals surface area contributed by atoms with Crippen molar-refractivity contribution < 1.29 is 9.53 Å². The van der Waals surface area contributed by atoms with Gasteiger partial charge in [-0.25, -0.2) is 4.98 Å². The molecule has 3 N–H and O–H groups in total. The van der Waals surface area contributed by atoms with Gasteiger partial charge in [-0.15, -0.1) is 0 Å². The molecule has 0 bridgehead atoms. The van der Waals surface area contributed by atoms with Crippen molar-refractivity contribution in [3.8, 4) is 5.75 Å². The molecule has 5 nitrogen and oxygen atoms in total. The SMILES string of the molecule is COc1ccc(C(=O)Nc2ccc(Cl)c([C@H]3C[C@H]3N)c2)nc1. The Hall–Kier alpha value is -2.11. The van der Waals surface area contributed by atoms with E-state index in [9.17, 15) is 4.79 Å². The number of carbonyl (C=O) groups excluding carboxylic acids is 1. The molecule has 1 aromatic carbocycles. The van der Waals surface area contributed by atoms with Crippen molar-refractivity contribution in [1.29, 1.82) is 0 Å². The fraction of sp³-hybridized carbons (Fsp3) is 0.250. The molecule has 1 heterocycles. The first kappa shape index (κ1) is 14.8. The molecule has 22 heavy (non-hydrogen) atoms. The number of hydrogen-bond acceptors (Lipinski definition) is 4. The van der Waals surface area contributed by atoms with E-state index >= 15 is 0 Å². The summed E-state index contributed by atoms with van der Waals surface area (Å²) in [6, 6.07) is 8.88. The molecule has 0 unspecified atom stereocenters. The Balaban J connectivity index is 1.76. The maximum absolute atomic E-state index is 12.2. The van der Waals surface area contributed by atoms with E-state index in [0.29, 0.717) is 22.2 Å². The fourth-order valence-corrected chi connectivity index (χ4v) is 2.57. The standard InChI is InChI=1S/C16H16ClN3O2/c1-22-10-3-5-15(19-8-10)16(21)20-9-2-4-13(17)11(6-9)12-7-14(12)18/h2-6,8,12,14H,7,18H2,1H3,(H,20,21)/t12-,14-/m1/s1. The number of benzene rings is 1. The first-order valence-electron chi connectivity index (χ1n) is 6.95. The van der Waals surface area contributed by atoms with E-state index in [1.165, 1.54) is 6.20 Å². The van der Waals surface area contributed by atoms with Crippen LogP contribution in [0.4, 0.5) is 5.69 Å². The van der Waals surface area contributed by atoms with Gasteiger partial charge < -0.3 is 15.8 Å². The monoisotopic (exact) mass is 317 g/mol. The summed E-state index contributed by atoms with van der Waals surface area (Å²) in [4.78, 5) is 16.2. The topological polar surface area (TPSA) is 77.2 Å². The van der Waals surface area contributed by atoms with Gasteiger partial charge in [0.2, 0.25) is 0 Å². The molecule has 1 saturated carbocycles. The summed E-state index contributed by atoms with van der Waals surface area (Å²) in [6.45, 7) is 0. The lowest BCUT2D eigenvalue weighted by molar-refractivity contribution is 0.102. The van der Waals surface area contributed by atoms with Gasteiger partial charge in [0.25, 0.3) is 5.91 Å². The van der Waals surface area contributed by atoms with E-state index in [0.717, 1.165) is 12.0 Å². The minimum absolute atomic E-state index is 0.159. The zero-order valence-electron chi connectivity index (χ0n) is 12.0. The molecular weight excluding hydrogens is 302 g/mol. The van der Waals surface area contributed by atoms with Crippen LogP contribution in [0.3, 0.4) is 0 Å². The molecule has 6 heteroatoms. The Morgan fingerprint density at radius 1 is 1.41 bits per heavy atom. The van der Waals surface area contributed by atoms with E-state index in [2.05, 4.69) is 10.3 Å². The highest BCUT2D eigenvalue weighted by Gasteiger charge is 2.36. The zero-order valence-corrected chi connectivity index (χ0v) is 12.8. The highest BCUT2D eigenvalue weighted by Crippen LogP contribution is 2.43. The number of carbonyl (C=O) groups is 1. The second kappa shape index (κ2) is 5.94. The zero-order chi connectivity index (χ0) is 15.7. The number of rotatable bonds is 4. The van der Waals surface area contributed by atoms with Crippen molar-refractivity contribution in [3.05, 3.63) is 52.8 Å². The lowest BCUT2D eigenvalue weighted by Crippen LogP contribution is -2.13. The van der Waals surface area contributed by atoms with Crippen molar-refractivity contribution in [2.45, 2.75) is 18.4 Å². The van der Waals surface area contributed by atoms with Gasteiger partial charge in [-0.2, -0.15) is 0 Å². The summed E-state index contributed by atoms with van der Waals surface area (Å²) in [5.41, 5.74) is 7.85. The first-order valence-corrected chi connectivity index (χ1v) is 7.32. The van der Waals surface area contributed by atoms with E-state index in [4.69, 9.17) is 22.1 Å². The van der Waals surface area contributed by atoms with Crippen LogP contribution in [0.1, 0.15) is 28.4 Å². The smallest absolute Gasteiger partial charge is 0.274 e. The molecule has 2 atom stereocenters. The number of hydrogen-bond donors (Lipinski definition) is 2. The van der Waals surface area contributed by atoms with Crippen molar-refractivity contribution in [3.63, 3.8) is 0 Å². The second-order valence-corrected chi connectivity index (χ2v) is 5.69. The van der Waals surface area contributed by atoms with Crippen LogP contribution in [0.15, 0.2) is 36.5 Å². The van der Waals surface area contributed by atoms with Gasteiger partial charge in [-0.1, -0.05) is 11.6 Å². The van der Waals surface area contributed by atoms with Crippen molar-refractivity contribution in [2.24, 2.45) is 5.73 Å². The number of nitrogens with two attached hydrogens (primary N) is 1. The fourth-order valence-electron chi connectivity index (χ4n) is 2.31. The van der Waals surface area contributed by atoms with Crippen LogP contribution in [-0.4, -0.2) is 24.0 Å². The Bertz CT molecular complexity index is 703. The maximum Gasteiger partial charge on any atom is 0.274 e. The third kappa shape index (κ3) is 3.05. The Labute approximate surface area is 133 Å². The highest BCUT2D eigenvalue weighted by molar-refractivity contribution is 6.31. The number of amides is 1. The minimum atomic E-state index is -0.281. The Kier molecular flexibility index (Phi) is 4.00. The number of pyridine rings is 1. The van der Waals surface area contributed by atoms with Gasteiger partial charge in [0.15, 0.2) is 0 Å². The van der Waals surface area contributed by atoms with Crippen molar-refractivity contribution >= 4 is 23.2 Å². The predicted molar refractivity (Wildman–Crippen MR) is 85.5 cm³/mol. The molecule has 3 rings (SSSR count). The number of nitrogens with zero attached hydrogens (tertiary/aromatic N) is 1. The normalized spacial score (nSPS) is 19.6. The average molecular weight is 318 g/mol. The van der Waals surface area contributed by atoms with Gasteiger partial charge >= 0.3 is 0 Å². The van der Waals surface area contributed by atoms with Crippen LogP contribution in [0.2, 0.25) is 5.02 Å². The van der Waals surface area contributed by atoms with Gasteiger partial charge in [-0.05, 0) is 42.3 Å². The number of nitrogens with one attached hydrogen (secondary N) is 1. The third-order valence-corrected chi connectivity index (χ3v) is 4.04. The predicted octanol–water partition coefficient (Wildman–Crippen LogP) is 2.81. The maximum atomic E-state index is 12.2. The third-order valence-electron chi connectivity index (χ3n) is 3.70. The molecule has 2 aromatic rings. The highest BCUT2D eigenvalue weighted by atomic mass is 35.5. The Morgan fingerprint density at radius 3 is 2.77 bits per heavy atom. The van der Waals surface area contributed by atoms with Gasteiger partial charge in [0.05, 0.1) is 13.3 Å². The average Bonchev–Trinajstić information content (AvgIpc) is 3.26. The summed E-state index contributed by atoms with van der Waals surface area (Å²) in [7, 11) is 1.55. The molecule has 1 amide bonds. The first-order chi connectivity index (χ1) is 10.6. The number of halogens is 1. The Morgan fingerprint density at radius 2 is 2.18 bits per heavy atom. The van der Waals surface area contributed by atoms with E-state index < -0.39 is 0 Å². The van der Waals surface area contributed by atoms with E-state index in [1.54, 1.807) is 31.4 Å². The minimum Gasteiger partial charge on any atom is -0.495 e. The molecule has 1 fully saturated rings. The van der Waals surface area contributed by atoms with Gasteiger partial charge in [0, 0.05) is 22.7 Å². The molecule has 0 spiro atoms. The molecular formula is C16H16ClN3O2. The largest absolute Gasteiger partial charge is 0.495 e. The summed E-state index contributed by atoms with van der Waals surface area (Å²) >= 11 is 6.19. The van der Waals surface area contributed by atoms with Crippen molar-refractivity contribution in [2.75, 3.05) is 12.4 Å². The second-order valence-electron chi connectivity index (χ2n) is 5.28. The van der Waals surface area contributed by atoms with Gasteiger partial charge in [0.1, 0.15) is 11.4 Å². The van der Waals surface area contributed by atoms with Crippen LogP contribution < -0.4 is 15.8 Å².